The lowest BCUT2D eigenvalue weighted by Gasteiger charge is -2.21. The Hall–Kier alpha value is -1.25. The highest BCUT2D eigenvalue weighted by atomic mass is 16.6. The second kappa shape index (κ2) is 3.64. The lowest BCUT2D eigenvalue weighted by atomic mass is 10.1. The number of ether oxygens (including phenoxy) is 1. The zero-order chi connectivity index (χ0) is 9.90. The second-order valence-corrected chi connectivity index (χ2v) is 3.93. The Kier molecular flexibility index (Phi) is 2.76. The molecule has 0 aromatic heterocycles. The lowest BCUT2D eigenvalue weighted by Crippen LogP contribution is -2.28. The maximum atomic E-state index is 11.4. The summed E-state index contributed by atoms with van der Waals surface area (Å²) >= 11 is 0. The van der Waals surface area contributed by atoms with E-state index in [0.717, 1.165) is 0 Å². The molecule has 1 heterocycles. The quantitative estimate of drug-likeness (QED) is 0.621. The zero-order valence-corrected chi connectivity index (χ0v) is 8.26. The summed E-state index contributed by atoms with van der Waals surface area (Å²) < 4.78 is 5.20. The first kappa shape index (κ1) is 9.84. The van der Waals surface area contributed by atoms with Crippen molar-refractivity contribution in [3.8, 4) is 0 Å². The minimum atomic E-state index is -0.418. The van der Waals surface area contributed by atoms with Crippen LogP contribution in [0.2, 0.25) is 0 Å². The third kappa shape index (κ3) is 3.32. The highest BCUT2D eigenvalue weighted by molar-refractivity contribution is 5.89. The van der Waals surface area contributed by atoms with E-state index in [4.69, 9.17) is 4.74 Å². The maximum absolute atomic E-state index is 11.4. The molecule has 72 valence electrons. The Morgan fingerprint density at radius 3 is 2.69 bits per heavy atom. The molecule has 3 heteroatoms. The van der Waals surface area contributed by atoms with Gasteiger partial charge in [-0.3, -0.25) is 0 Å². The molecule has 1 N–H and O–H groups in total. The molecule has 0 spiro atoms. The van der Waals surface area contributed by atoms with Crippen LogP contribution in [-0.2, 0) is 9.53 Å². The number of allylic oxidation sites excluding steroid dienone is 2. The van der Waals surface area contributed by atoms with Crippen LogP contribution in [0.25, 0.3) is 0 Å². The van der Waals surface area contributed by atoms with Crippen molar-refractivity contribution in [3.05, 3.63) is 23.9 Å². The van der Waals surface area contributed by atoms with Gasteiger partial charge in [-0.2, -0.15) is 0 Å². The van der Waals surface area contributed by atoms with Gasteiger partial charge >= 0.3 is 5.97 Å². The van der Waals surface area contributed by atoms with Crippen molar-refractivity contribution < 1.29 is 9.53 Å². The number of hydrogen-bond donors (Lipinski definition) is 1. The minimum absolute atomic E-state index is 0.246. The van der Waals surface area contributed by atoms with Gasteiger partial charge in [-0.25, -0.2) is 4.79 Å². The van der Waals surface area contributed by atoms with Crippen LogP contribution < -0.4 is 5.32 Å². The summed E-state index contributed by atoms with van der Waals surface area (Å²) in [6.45, 7) is 6.12. The van der Waals surface area contributed by atoms with E-state index in [1.54, 1.807) is 18.4 Å². The number of esters is 1. The molecule has 0 saturated carbocycles. The van der Waals surface area contributed by atoms with Gasteiger partial charge in [-0.05, 0) is 39.1 Å². The molecule has 0 atom stereocenters. The SMILES string of the molecule is CC(C)(C)OC(=O)C1=CC=CNC1. The first-order valence-electron chi connectivity index (χ1n) is 4.31. The zero-order valence-electron chi connectivity index (χ0n) is 8.26. The highest BCUT2D eigenvalue weighted by Crippen LogP contribution is 2.11. The number of carbonyl (C=O) groups excluding carboxylic acids is 1. The third-order valence-corrected chi connectivity index (χ3v) is 1.47. The van der Waals surface area contributed by atoms with Gasteiger partial charge < -0.3 is 10.1 Å². The Morgan fingerprint density at radius 2 is 2.23 bits per heavy atom. The van der Waals surface area contributed by atoms with Crippen molar-refractivity contribution in [2.45, 2.75) is 26.4 Å². The van der Waals surface area contributed by atoms with Crippen LogP contribution in [0.15, 0.2) is 23.9 Å². The van der Waals surface area contributed by atoms with E-state index < -0.39 is 5.60 Å². The molecular formula is C10H15NO2. The molecule has 13 heavy (non-hydrogen) atoms. The largest absolute Gasteiger partial charge is 0.457 e. The fraction of sp³-hybridized carbons (Fsp3) is 0.500. The monoisotopic (exact) mass is 181 g/mol. The fourth-order valence-electron chi connectivity index (χ4n) is 0.944. The fourth-order valence-corrected chi connectivity index (χ4v) is 0.944. The molecule has 0 radical (unpaired) electrons. The number of carbonyl (C=O) groups is 1. The lowest BCUT2D eigenvalue weighted by molar-refractivity contribution is -0.149. The van der Waals surface area contributed by atoms with Crippen LogP contribution in [0.5, 0.6) is 0 Å². The third-order valence-electron chi connectivity index (χ3n) is 1.47. The van der Waals surface area contributed by atoms with Gasteiger partial charge in [0.15, 0.2) is 0 Å². The van der Waals surface area contributed by atoms with E-state index >= 15 is 0 Å². The van der Waals surface area contributed by atoms with Gasteiger partial charge in [0.25, 0.3) is 0 Å². The number of nitrogens with one attached hydrogen (secondary N) is 1. The Bertz CT molecular complexity index is 259. The topological polar surface area (TPSA) is 38.3 Å². The highest BCUT2D eigenvalue weighted by Gasteiger charge is 2.19. The van der Waals surface area contributed by atoms with Crippen molar-refractivity contribution >= 4 is 5.97 Å². The average Bonchev–Trinajstić information content (AvgIpc) is 2.03. The van der Waals surface area contributed by atoms with Crippen molar-refractivity contribution in [1.29, 1.82) is 0 Å². The molecule has 0 saturated heterocycles. The van der Waals surface area contributed by atoms with Crippen LogP contribution in [0, 0.1) is 0 Å². The standard InChI is InChI=1S/C10H15NO2/c1-10(2,3)13-9(12)8-5-4-6-11-7-8/h4-6,11H,7H2,1-3H3. The van der Waals surface area contributed by atoms with Crippen molar-refractivity contribution in [3.63, 3.8) is 0 Å². The van der Waals surface area contributed by atoms with Crippen LogP contribution in [0.3, 0.4) is 0 Å². The summed E-state index contributed by atoms with van der Waals surface area (Å²) in [6.07, 6.45) is 5.36. The van der Waals surface area contributed by atoms with E-state index in [2.05, 4.69) is 5.32 Å². The van der Waals surface area contributed by atoms with Crippen molar-refractivity contribution in [1.82, 2.24) is 5.32 Å². The number of rotatable bonds is 1. The van der Waals surface area contributed by atoms with Crippen molar-refractivity contribution in [2.24, 2.45) is 0 Å². The van der Waals surface area contributed by atoms with Gasteiger partial charge in [0.1, 0.15) is 5.60 Å². The molecule has 1 aliphatic rings. The maximum Gasteiger partial charge on any atom is 0.336 e. The van der Waals surface area contributed by atoms with Gasteiger partial charge in [-0.15, -0.1) is 0 Å². The average molecular weight is 181 g/mol. The van der Waals surface area contributed by atoms with Crippen LogP contribution in [0.1, 0.15) is 20.8 Å². The molecule has 0 unspecified atom stereocenters. The molecule has 0 amide bonds. The summed E-state index contributed by atoms with van der Waals surface area (Å²) in [6, 6.07) is 0. The Balaban J connectivity index is 2.58. The van der Waals surface area contributed by atoms with E-state index in [1.807, 2.05) is 20.8 Å². The van der Waals surface area contributed by atoms with Crippen LogP contribution >= 0.6 is 0 Å². The number of dihydropyridines is 1. The first-order chi connectivity index (χ1) is 5.99. The molecule has 0 bridgehead atoms. The normalized spacial score (nSPS) is 16.1. The number of hydrogen-bond acceptors (Lipinski definition) is 3. The summed E-state index contributed by atoms with van der Waals surface area (Å²) in [5, 5.41) is 2.95. The predicted molar refractivity (Wildman–Crippen MR) is 51.1 cm³/mol. The van der Waals surface area contributed by atoms with E-state index in [-0.39, 0.29) is 5.97 Å². The molecule has 0 aliphatic carbocycles. The predicted octanol–water partition coefficient (Wildman–Crippen LogP) is 1.37. The van der Waals surface area contributed by atoms with Gasteiger partial charge in [0.05, 0.1) is 5.57 Å². The van der Waals surface area contributed by atoms with Crippen molar-refractivity contribution in [2.75, 3.05) is 6.54 Å². The minimum Gasteiger partial charge on any atom is -0.457 e. The second-order valence-electron chi connectivity index (χ2n) is 3.93. The van der Waals surface area contributed by atoms with Gasteiger partial charge in [0, 0.05) is 6.54 Å². The molecular weight excluding hydrogens is 166 g/mol. The molecule has 1 rings (SSSR count). The summed E-state index contributed by atoms with van der Waals surface area (Å²) in [5.74, 6) is -0.246. The summed E-state index contributed by atoms with van der Waals surface area (Å²) in [7, 11) is 0. The van der Waals surface area contributed by atoms with Gasteiger partial charge in [-0.1, -0.05) is 0 Å². The van der Waals surface area contributed by atoms with Crippen LogP contribution in [-0.4, -0.2) is 18.1 Å². The summed E-state index contributed by atoms with van der Waals surface area (Å²) in [4.78, 5) is 11.4. The molecule has 1 aliphatic heterocycles. The first-order valence-corrected chi connectivity index (χ1v) is 4.31. The van der Waals surface area contributed by atoms with Crippen LogP contribution in [0.4, 0.5) is 0 Å². The Morgan fingerprint density at radius 1 is 1.54 bits per heavy atom. The smallest absolute Gasteiger partial charge is 0.336 e. The van der Waals surface area contributed by atoms with E-state index in [9.17, 15) is 4.79 Å². The molecule has 0 aromatic carbocycles. The van der Waals surface area contributed by atoms with E-state index in [0.29, 0.717) is 12.1 Å². The summed E-state index contributed by atoms with van der Waals surface area (Å²) in [5.41, 5.74) is 0.247. The molecule has 0 aromatic rings. The van der Waals surface area contributed by atoms with E-state index in [1.165, 1.54) is 0 Å². The Labute approximate surface area is 78.5 Å². The molecule has 3 nitrogen and oxygen atoms in total. The molecule has 0 fully saturated rings. The van der Waals surface area contributed by atoms with Gasteiger partial charge in [0.2, 0.25) is 0 Å².